The van der Waals surface area contributed by atoms with Gasteiger partial charge in [-0.15, -0.1) is 0 Å². The highest BCUT2D eigenvalue weighted by Gasteiger charge is 2.81. The van der Waals surface area contributed by atoms with E-state index in [4.69, 9.17) is 42.6 Å². The standard InChI is InChI=1S/C55H80O19/c1-27(2)20-30-21-53(7,65)46-31-13-14-36-51(5)18-17-37(50(3,4)35(51)16-19-52(36,6)54(31)25-55(46,74-30)67-26-54)70-49-45(73-47-41(63)39(61)33(22-56)68-47)43(32(59)24-66-49)72-48-42(64)44(40(62)34(23-57)69-48)71-38(60)15-10-28-8-11-29(58)12-9-28/h8-12,15,20,30-37,39-49,56-59,61-65H,13-14,16-19,21-26H2,1-7H3/t30-,31-,32+,33+,34-,35+,36-,37+,39+,40-,41-,42-,43+,44+,45-,46+,47+,48+,49+,51+,52-,53+,54+,55+/m1/s1. The van der Waals surface area contributed by atoms with Gasteiger partial charge in [-0.05, 0) is 117 Å². The normalized spacial score (nSPS) is 50.4. The maximum absolute atomic E-state index is 13.1. The van der Waals surface area contributed by atoms with Crippen LogP contribution in [0.25, 0.3) is 6.08 Å². The van der Waals surface area contributed by atoms with Crippen LogP contribution in [0.15, 0.2) is 42.0 Å². The predicted molar refractivity (Wildman–Crippen MR) is 260 cm³/mol. The van der Waals surface area contributed by atoms with Gasteiger partial charge in [0, 0.05) is 30.3 Å². The van der Waals surface area contributed by atoms with Crippen LogP contribution < -0.4 is 0 Å². The molecule has 24 atom stereocenters. The Labute approximate surface area is 432 Å². The molecular weight excluding hydrogens is 965 g/mol. The quantitative estimate of drug-likeness (QED) is 0.0630. The number of rotatable bonds is 12. The van der Waals surface area contributed by atoms with Crippen molar-refractivity contribution in [3.05, 3.63) is 47.6 Å². The van der Waals surface area contributed by atoms with Crippen LogP contribution in [0.5, 0.6) is 5.75 Å². The molecule has 9 aliphatic rings. The second-order valence-corrected chi connectivity index (χ2v) is 24.8. The molecular formula is C55H80O19. The van der Waals surface area contributed by atoms with E-state index in [0.29, 0.717) is 30.9 Å². The number of aromatic hydroxyl groups is 1. The summed E-state index contributed by atoms with van der Waals surface area (Å²) in [7, 11) is 0. The highest BCUT2D eigenvalue weighted by molar-refractivity contribution is 5.87. The summed E-state index contributed by atoms with van der Waals surface area (Å²) in [6.45, 7) is 14.3. The van der Waals surface area contributed by atoms with Crippen molar-refractivity contribution in [2.75, 3.05) is 26.4 Å². The predicted octanol–water partition coefficient (Wildman–Crippen LogP) is 2.58. The van der Waals surface area contributed by atoms with Crippen LogP contribution >= 0.6 is 0 Å². The molecule has 19 nitrogen and oxygen atoms in total. The van der Waals surface area contributed by atoms with Crippen molar-refractivity contribution < 1.29 is 93.4 Å². The number of carbonyl (C=O) groups excluding carboxylic acids is 1. The van der Waals surface area contributed by atoms with Crippen LogP contribution in [-0.4, -0.2) is 182 Å². The molecule has 9 N–H and O–H groups in total. The lowest BCUT2D eigenvalue weighted by atomic mass is 9.35. The number of hydrogen-bond acceptors (Lipinski definition) is 19. The smallest absolute Gasteiger partial charge is 0.331 e. The SMILES string of the molecule is CC(C)=C[C@@H]1C[C@](C)(O)[C@@H]2[C@H]3CC[C@@H]4[C@@]5(C)CC[C@H](O[C@@H]6OC[C@H](O)[C@H](O[C@@H]7O[C@H](CO)[C@@H](O)[C@H](OC(=O)C=Cc8ccc(O)cc8)[C@H]7O)[C@H]6O[C@@H]6O[C@@H](CO)[C@H](O)[C@H]6O)C(C)(C)[C@@H]5CC[C@@]4(C)[C@@]34CO[C@@]2(C4)O1. The molecule has 9 fully saturated rings. The van der Waals surface area contributed by atoms with Gasteiger partial charge in [-0.2, -0.15) is 0 Å². The molecule has 5 heterocycles. The average molecular weight is 1050 g/mol. The van der Waals surface area contributed by atoms with Gasteiger partial charge in [-0.3, -0.25) is 0 Å². The molecule has 0 unspecified atom stereocenters. The lowest BCUT2D eigenvalue weighted by molar-refractivity contribution is -0.375. The molecule has 0 amide bonds. The number of hydrogen-bond donors (Lipinski definition) is 9. The van der Waals surface area contributed by atoms with E-state index in [1.165, 1.54) is 18.2 Å². The minimum atomic E-state index is -1.89. The average Bonchev–Trinajstić information content (AvgIpc) is 3.96. The van der Waals surface area contributed by atoms with E-state index in [-0.39, 0.29) is 52.5 Å². The molecule has 1 aromatic carbocycles. The largest absolute Gasteiger partial charge is 0.508 e. The first-order chi connectivity index (χ1) is 34.9. The molecule has 74 heavy (non-hydrogen) atoms. The Bertz CT molecular complexity index is 2250. The van der Waals surface area contributed by atoms with E-state index in [0.717, 1.165) is 50.2 Å². The van der Waals surface area contributed by atoms with Crippen LogP contribution in [-0.2, 0) is 47.4 Å². The second-order valence-electron chi connectivity index (χ2n) is 24.8. The Hall–Kier alpha value is -2.67. The molecule has 5 saturated heterocycles. The van der Waals surface area contributed by atoms with Gasteiger partial charge in [-0.25, -0.2) is 4.79 Å². The molecule has 5 aliphatic heterocycles. The van der Waals surface area contributed by atoms with Gasteiger partial charge < -0.3 is 88.6 Å². The topological polar surface area (TPSA) is 282 Å². The van der Waals surface area contributed by atoms with Crippen LogP contribution in [0, 0.1) is 45.3 Å². The second kappa shape index (κ2) is 19.9. The molecule has 0 aromatic heterocycles. The molecule has 1 aromatic rings. The number of aliphatic hydroxyl groups excluding tert-OH is 7. The van der Waals surface area contributed by atoms with E-state index in [1.807, 2.05) is 6.92 Å². The number of aliphatic hydroxyl groups is 8. The maximum atomic E-state index is 13.1. The van der Waals surface area contributed by atoms with Crippen molar-refractivity contribution in [2.45, 2.75) is 203 Å². The van der Waals surface area contributed by atoms with Crippen molar-refractivity contribution in [3.63, 3.8) is 0 Å². The van der Waals surface area contributed by atoms with E-state index in [1.54, 1.807) is 12.1 Å². The number of carbonyl (C=O) groups is 1. The Kier molecular flexibility index (Phi) is 14.7. The van der Waals surface area contributed by atoms with Crippen LogP contribution in [0.4, 0.5) is 0 Å². The van der Waals surface area contributed by atoms with Gasteiger partial charge in [0.25, 0.3) is 0 Å². The number of phenols is 1. The van der Waals surface area contributed by atoms with Gasteiger partial charge in [0.2, 0.25) is 0 Å². The Balaban J connectivity index is 0.889. The summed E-state index contributed by atoms with van der Waals surface area (Å²) >= 11 is 0. The number of fused-ring (bicyclic) bond motifs is 4. The fourth-order valence-corrected chi connectivity index (χ4v) is 16.7. The lowest BCUT2D eigenvalue weighted by Crippen LogP contribution is -2.67. The summed E-state index contributed by atoms with van der Waals surface area (Å²) in [6, 6.07) is 5.98. The van der Waals surface area contributed by atoms with Crippen LogP contribution in [0.3, 0.4) is 0 Å². The number of allylic oxidation sites excluding steroid dienone is 1. The summed E-state index contributed by atoms with van der Waals surface area (Å²) in [6.07, 6.45) is -9.73. The zero-order chi connectivity index (χ0) is 53.1. The minimum absolute atomic E-state index is 0.0275. The van der Waals surface area contributed by atoms with Gasteiger partial charge >= 0.3 is 5.97 Å². The number of esters is 1. The molecule has 414 valence electrons. The fraction of sp³-hybridized carbons (Fsp3) is 0.800. The zero-order valence-electron chi connectivity index (χ0n) is 43.6. The third-order valence-electron chi connectivity index (χ3n) is 19.9. The number of ether oxygens (including phenoxy) is 9. The van der Waals surface area contributed by atoms with Gasteiger partial charge in [0.1, 0.15) is 60.7 Å². The summed E-state index contributed by atoms with van der Waals surface area (Å²) in [5.74, 6) is -1.11. The van der Waals surface area contributed by atoms with Crippen molar-refractivity contribution >= 4 is 12.0 Å². The Morgan fingerprint density at radius 2 is 1.45 bits per heavy atom. The molecule has 2 spiro atoms. The lowest BCUT2D eigenvalue weighted by Gasteiger charge is -2.70. The van der Waals surface area contributed by atoms with Gasteiger partial charge in [-0.1, -0.05) is 51.5 Å². The first kappa shape index (κ1) is 54.7. The molecule has 10 rings (SSSR count). The van der Waals surface area contributed by atoms with Crippen molar-refractivity contribution in [3.8, 4) is 5.75 Å². The van der Waals surface area contributed by atoms with E-state index < -0.39 is 122 Å². The monoisotopic (exact) mass is 1040 g/mol. The third-order valence-corrected chi connectivity index (χ3v) is 19.9. The Morgan fingerprint density at radius 3 is 2.12 bits per heavy atom. The molecule has 4 saturated carbocycles. The first-order valence-corrected chi connectivity index (χ1v) is 26.8. The molecule has 4 aliphatic carbocycles. The maximum Gasteiger partial charge on any atom is 0.331 e. The van der Waals surface area contributed by atoms with E-state index >= 15 is 0 Å². The Morgan fingerprint density at radius 1 is 0.770 bits per heavy atom. The molecule has 19 heteroatoms. The number of benzene rings is 1. The summed E-state index contributed by atoms with van der Waals surface area (Å²) in [4.78, 5) is 13.1. The van der Waals surface area contributed by atoms with E-state index in [9.17, 15) is 50.8 Å². The van der Waals surface area contributed by atoms with Crippen molar-refractivity contribution in [1.82, 2.24) is 0 Å². The molecule has 2 bridgehead atoms. The highest BCUT2D eigenvalue weighted by Crippen LogP contribution is 2.80. The van der Waals surface area contributed by atoms with Gasteiger partial charge in [0.15, 0.2) is 30.8 Å². The third kappa shape index (κ3) is 8.94. The number of phenolic OH excluding ortho intramolecular Hbond substituents is 1. The summed E-state index contributed by atoms with van der Waals surface area (Å²) in [5, 5.41) is 98.5. The van der Waals surface area contributed by atoms with Crippen LogP contribution in [0.2, 0.25) is 0 Å². The first-order valence-electron chi connectivity index (χ1n) is 26.8. The zero-order valence-corrected chi connectivity index (χ0v) is 43.6. The minimum Gasteiger partial charge on any atom is -0.508 e. The fourth-order valence-electron chi connectivity index (χ4n) is 16.7. The molecule has 0 radical (unpaired) electrons. The van der Waals surface area contributed by atoms with E-state index in [2.05, 4.69) is 47.6 Å². The van der Waals surface area contributed by atoms with Crippen LogP contribution in [0.1, 0.15) is 105 Å². The van der Waals surface area contributed by atoms with Crippen molar-refractivity contribution in [1.29, 1.82) is 0 Å². The summed E-state index contributed by atoms with van der Waals surface area (Å²) in [5.41, 5.74) is -0.0976. The summed E-state index contributed by atoms with van der Waals surface area (Å²) < 4.78 is 57.0. The van der Waals surface area contributed by atoms with Gasteiger partial charge in [0.05, 0.1) is 44.2 Å². The van der Waals surface area contributed by atoms with Crippen molar-refractivity contribution in [2.24, 2.45) is 45.3 Å². The highest BCUT2D eigenvalue weighted by atomic mass is 16.8.